The monoisotopic (exact) mass is 164 g/mol. The first kappa shape index (κ1) is 7.53. The van der Waals surface area contributed by atoms with Crippen molar-refractivity contribution in [2.75, 3.05) is 0 Å². The lowest BCUT2D eigenvalue weighted by Crippen LogP contribution is -2.06. The number of amidine groups is 1. The van der Waals surface area contributed by atoms with Gasteiger partial charge in [-0.1, -0.05) is 5.57 Å². The lowest BCUT2D eigenvalue weighted by Gasteiger charge is -1.98. The van der Waals surface area contributed by atoms with Crippen molar-refractivity contribution in [3.63, 3.8) is 0 Å². The van der Waals surface area contributed by atoms with Gasteiger partial charge in [0.2, 0.25) is 0 Å². The van der Waals surface area contributed by atoms with Crippen LogP contribution in [0.5, 0.6) is 0 Å². The molecule has 1 fully saturated rings. The van der Waals surface area contributed by atoms with Crippen LogP contribution >= 0.6 is 0 Å². The zero-order chi connectivity index (χ0) is 8.55. The second-order valence-corrected chi connectivity index (χ2v) is 3.37. The number of rotatable bonds is 0. The minimum absolute atomic E-state index is 0.0931. The predicted molar refractivity (Wildman–Crippen MR) is 46.7 cm³/mol. The SMILES string of the molecule is NC1=NC(=O)C(=C2CCCC2)C1. The van der Waals surface area contributed by atoms with E-state index >= 15 is 0 Å². The summed E-state index contributed by atoms with van der Waals surface area (Å²) in [5.41, 5.74) is 7.65. The van der Waals surface area contributed by atoms with Crippen molar-refractivity contribution in [1.29, 1.82) is 0 Å². The van der Waals surface area contributed by atoms with Crippen LogP contribution in [0.3, 0.4) is 0 Å². The maximum absolute atomic E-state index is 11.2. The molecule has 2 aliphatic rings. The molecule has 0 bridgehead atoms. The highest BCUT2D eigenvalue weighted by Crippen LogP contribution is 2.30. The Morgan fingerprint density at radius 1 is 1.25 bits per heavy atom. The number of hydrogen-bond acceptors (Lipinski definition) is 2. The number of nitrogens with zero attached hydrogens (tertiary/aromatic N) is 1. The third-order valence-electron chi connectivity index (χ3n) is 2.50. The van der Waals surface area contributed by atoms with E-state index in [1.54, 1.807) is 0 Å². The van der Waals surface area contributed by atoms with Crippen LogP contribution in [0.1, 0.15) is 32.1 Å². The van der Waals surface area contributed by atoms with E-state index in [0.29, 0.717) is 12.3 Å². The fraction of sp³-hybridized carbons (Fsp3) is 0.556. The van der Waals surface area contributed by atoms with Crippen molar-refractivity contribution in [2.24, 2.45) is 10.7 Å². The van der Waals surface area contributed by atoms with E-state index in [2.05, 4.69) is 4.99 Å². The number of amides is 1. The summed E-state index contributed by atoms with van der Waals surface area (Å²) in [5, 5.41) is 0. The van der Waals surface area contributed by atoms with Crippen LogP contribution in [0.4, 0.5) is 0 Å². The van der Waals surface area contributed by atoms with Gasteiger partial charge in [-0.15, -0.1) is 0 Å². The van der Waals surface area contributed by atoms with E-state index < -0.39 is 0 Å². The first-order chi connectivity index (χ1) is 5.77. The lowest BCUT2D eigenvalue weighted by molar-refractivity contribution is -0.114. The number of nitrogens with two attached hydrogens (primary N) is 1. The summed E-state index contributed by atoms with van der Waals surface area (Å²) in [6.45, 7) is 0. The molecule has 1 heterocycles. The van der Waals surface area contributed by atoms with Gasteiger partial charge in [0.25, 0.3) is 5.91 Å². The molecule has 0 radical (unpaired) electrons. The van der Waals surface area contributed by atoms with Gasteiger partial charge in [0, 0.05) is 12.0 Å². The molecule has 3 nitrogen and oxygen atoms in total. The van der Waals surface area contributed by atoms with Gasteiger partial charge in [-0.25, -0.2) is 0 Å². The summed E-state index contributed by atoms with van der Waals surface area (Å²) < 4.78 is 0. The minimum atomic E-state index is -0.0931. The molecule has 0 spiro atoms. The zero-order valence-electron chi connectivity index (χ0n) is 6.97. The van der Waals surface area contributed by atoms with Gasteiger partial charge in [-0.05, 0) is 25.7 Å². The van der Waals surface area contributed by atoms with E-state index in [9.17, 15) is 4.79 Å². The van der Waals surface area contributed by atoms with Crippen molar-refractivity contribution in [3.05, 3.63) is 11.1 Å². The van der Waals surface area contributed by atoms with Crippen LogP contribution in [0.25, 0.3) is 0 Å². The maximum Gasteiger partial charge on any atom is 0.274 e. The van der Waals surface area contributed by atoms with Gasteiger partial charge < -0.3 is 5.73 Å². The first-order valence-corrected chi connectivity index (χ1v) is 4.35. The molecule has 2 N–H and O–H groups in total. The average Bonchev–Trinajstić information content (AvgIpc) is 2.58. The van der Waals surface area contributed by atoms with Crippen LogP contribution in [-0.2, 0) is 4.79 Å². The minimum Gasteiger partial charge on any atom is -0.387 e. The maximum atomic E-state index is 11.2. The average molecular weight is 164 g/mol. The molecule has 1 amide bonds. The van der Waals surface area contributed by atoms with Crippen molar-refractivity contribution in [1.82, 2.24) is 0 Å². The fourth-order valence-electron chi connectivity index (χ4n) is 1.87. The number of hydrogen-bond donors (Lipinski definition) is 1. The molecule has 1 aliphatic heterocycles. The molecule has 1 saturated carbocycles. The molecule has 0 aromatic rings. The van der Waals surface area contributed by atoms with Crippen molar-refractivity contribution in [2.45, 2.75) is 32.1 Å². The normalized spacial score (nSPS) is 23.7. The topological polar surface area (TPSA) is 55.4 Å². The Hall–Kier alpha value is -1.12. The zero-order valence-corrected chi connectivity index (χ0v) is 6.97. The van der Waals surface area contributed by atoms with Gasteiger partial charge in [-0.3, -0.25) is 4.79 Å². The Kier molecular flexibility index (Phi) is 1.71. The third kappa shape index (κ3) is 1.15. The van der Waals surface area contributed by atoms with Crippen LogP contribution in [-0.4, -0.2) is 11.7 Å². The standard InChI is InChI=1S/C9H12N2O/c10-8-5-7(9(12)11-8)6-3-1-2-4-6/h1-5H2,(H2,10,11,12). The van der Waals surface area contributed by atoms with Gasteiger partial charge in [-0.2, -0.15) is 4.99 Å². The summed E-state index contributed by atoms with van der Waals surface area (Å²) in [7, 11) is 0. The largest absolute Gasteiger partial charge is 0.387 e. The Labute approximate surface area is 71.4 Å². The van der Waals surface area contributed by atoms with E-state index in [1.807, 2.05) is 0 Å². The number of carbonyl (C=O) groups excluding carboxylic acids is 1. The van der Waals surface area contributed by atoms with E-state index in [1.165, 1.54) is 18.4 Å². The Morgan fingerprint density at radius 3 is 2.42 bits per heavy atom. The highest BCUT2D eigenvalue weighted by molar-refractivity contribution is 6.12. The lowest BCUT2D eigenvalue weighted by atomic mass is 10.1. The third-order valence-corrected chi connectivity index (χ3v) is 2.50. The van der Waals surface area contributed by atoms with Crippen LogP contribution < -0.4 is 5.73 Å². The summed E-state index contributed by atoms with van der Waals surface area (Å²) in [5.74, 6) is 0.388. The molecule has 2 rings (SSSR count). The first-order valence-electron chi connectivity index (χ1n) is 4.35. The summed E-state index contributed by atoms with van der Waals surface area (Å²) in [6.07, 6.45) is 5.17. The molecule has 12 heavy (non-hydrogen) atoms. The van der Waals surface area contributed by atoms with Crippen molar-refractivity contribution < 1.29 is 4.79 Å². The summed E-state index contributed by atoms with van der Waals surface area (Å²) in [4.78, 5) is 15.0. The number of aliphatic imine (C=N–C) groups is 1. The van der Waals surface area contributed by atoms with Crippen molar-refractivity contribution in [3.8, 4) is 0 Å². The van der Waals surface area contributed by atoms with E-state index in [-0.39, 0.29) is 5.91 Å². The Morgan fingerprint density at radius 2 is 1.92 bits per heavy atom. The fourth-order valence-corrected chi connectivity index (χ4v) is 1.87. The molecule has 0 aromatic heterocycles. The van der Waals surface area contributed by atoms with Gasteiger partial charge >= 0.3 is 0 Å². The molecule has 1 aliphatic carbocycles. The smallest absolute Gasteiger partial charge is 0.274 e. The highest BCUT2D eigenvalue weighted by Gasteiger charge is 2.23. The highest BCUT2D eigenvalue weighted by atomic mass is 16.1. The second-order valence-electron chi connectivity index (χ2n) is 3.37. The molecular formula is C9H12N2O. The van der Waals surface area contributed by atoms with E-state index in [4.69, 9.17) is 5.73 Å². The van der Waals surface area contributed by atoms with Gasteiger partial charge in [0.05, 0.1) is 0 Å². The van der Waals surface area contributed by atoms with Crippen LogP contribution in [0.2, 0.25) is 0 Å². The molecule has 0 aromatic carbocycles. The predicted octanol–water partition coefficient (Wildman–Crippen LogP) is 1.14. The molecule has 0 saturated heterocycles. The Balaban J connectivity index is 2.26. The molecule has 0 atom stereocenters. The molecule has 3 heteroatoms. The molecule has 64 valence electrons. The summed E-state index contributed by atoms with van der Waals surface area (Å²) in [6, 6.07) is 0. The van der Waals surface area contributed by atoms with Crippen LogP contribution in [0, 0.1) is 0 Å². The summed E-state index contributed by atoms with van der Waals surface area (Å²) >= 11 is 0. The van der Waals surface area contributed by atoms with E-state index in [0.717, 1.165) is 18.4 Å². The second kappa shape index (κ2) is 2.73. The van der Waals surface area contributed by atoms with Gasteiger partial charge in [0.1, 0.15) is 5.84 Å². The number of allylic oxidation sites excluding steroid dienone is 1. The quantitative estimate of drug-likeness (QED) is 0.546. The number of carbonyl (C=O) groups is 1. The van der Waals surface area contributed by atoms with Crippen LogP contribution in [0.15, 0.2) is 16.1 Å². The molecule has 0 unspecified atom stereocenters. The van der Waals surface area contributed by atoms with Gasteiger partial charge in [0.15, 0.2) is 0 Å². The van der Waals surface area contributed by atoms with Crippen molar-refractivity contribution >= 4 is 11.7 Å². The Bertz CT molecular complexity index is 281. The molecular weight excluding hydrogens is 152 g/mol.